The number of amides is 1. The molecule has 0 spiro atoms. The van der Waals surface area contributed by atoms with Crippen LogP contribution in [0.25, 0.3) is 0 Å². The Bertz CT molecular complexity index is 425. The third kappa shape index (κ3) is 4.89. The van der Waals surface area contributed by atoms with Gasteiger partial charge in [-0.1, -0.05) is 15.9 Å². The van der Waals surface area contributed by atoms with Crippen LogP contribution in [0.15, 0.2) is 28.7 Å². The molecular formula is C11H14BrN3O2S. The summed E-state index contributed by atoms with van der Waals surface area (Å²) in [5.74, 6) is 0.313. The smallest absolute Gasteiger partial charge is 0.279 e. The number of hydrogen-bond acceptors (Lipinski definition) is 3. The molecule has 0 aromatic heterocycles. The lowest BCUT2D eigenvalue weighted by Crippen LogP contribution is -2.49. The molecule has 0 bridgehead atoms. The first kappa shape index (κ1) is 14.7. The highest BCUT2D eigenvalue weighted by atomic mass is 79.9. The van der Waals surface area contributed by atoms with Crippen LogP contribution in [0.4, 0.5) is 0 Å². The Kier molecular flexibility index (Phi) is 5.87. The van der Waals surface area contributed by atoms with Gasteiger partial charge in [0.25, 0.3) is 5.91 Å². The molecule has 0 aliphatic carbocycles. The molecule has 1 amide bonds. The predicted octanol–water partition coefficient (Wildman–Crippen LogP) is 1.34. The Labute approximate surface area is 119 Å². The number of halogens is 1. The lowest BCUT2D eigenvalue weighted by Gasteiger charge is -2.15. The zero-order valence-electron chi connectivity index (χ0n) is 9.99. The first-order valence-corrected chi connectivity index (χ1v) is 6.43. The van der Waals surface area contributed by atoms with Crippen LogP contribution in [-0.4, -0.2) is 24.2 Å². The van der Waals surface area contributed by atoms with Crippen LogP contribution in [-0.2, 0) is 4.79 Å². The molecule has 0 aliphatic rings. The van der Waals surface area contributed by atoms with Crippen LogP contribution < -0.4 is 20.9 Å². The van der Waals surface area contributed by atoms with E-state index in [1.165, 1.54) is 0 Å². The van der Waals surface area contributed by atoms with Gasteiger partial charge in [-0.2, -0.15) is 0 Å². The molecule has 18 heavy (non-hydrogen) atoms. The molecule has 0 unspecified atom stereocenters. The largest absolute Gasteiger partial charge is 0.481 e. The zero-order chi connectivity index (χ0) is 13.5. The van der Waals surface area contributed by atoms with E-state index in [-0.39, 0.29) is 5.91 Å². The Morgan fingerprint density at radius 2 is 1.94 bits per heavy atom. The van der Waals surface area contributed by atoms with Gasteiger partial charge in [0.2, 0.25) is 0 Å². The number of nitrogens with one attached hydrogen (secondary N) is 3. The Balaban J connectivity index is 2.44. The van der Waals surface area contributed by atoms with Gasteiger partial charge in [0, 0.05) is 11.5 Å². The minimum Gasteiger partial charge on any atom is -0.481 e. The number of hydrazine groups is 1. The van der Waals surface area contributed by atoms with Gasteiger partial charge in [0.05, 0.1) is 0 Å². The number of ether oxygens (including phenoxy) is 1. The molecule has 1 atom stereocenters. The van der Waals surface area contributed by atoms with Crippen molar-refractivity contribution >= 4 is 39.2 Å². The van der Waals surface area contributed by atoms with Crippen LogP contribution in [0.3, 0.4) is 0 Å². The zero-order valence-corrected chi connectivity index (χ0v) is 12.4. The summed E-state index contributed by atoms with van der Waals surface area (Å²) >= 11 is 8.14. The number of hydrogen-bond donors (Lipinski definition) is 3. The van der Waals surface area contributed by atoms with Crippen molar-refractivity contribution in [3.8, 4) is 5.75 Å². The third-order valence-corrected chi connectivity index (χ3v) is 2.86. The second-order valence-corrected chi connectivity index (χ2v) is 4.73. The molecule has 0 heterocycles. The topological polar surface area (TPSA) is 62.4 Å². The summed E-state index contributed by atoms with van der Waals surface area (Å²) in [7, 11) is 1.66. The molecular weight excluding hydrogens is 318 g/mol. The predicted molar refractivity (Wildman–Crippen MR) is 77.2 cm³/mol. The van der Waals surface area contributed by atoms with Gasteiger partial charge in [-0.15, -0.1) is 0 Å². The van der Waals surface area contributed by atoms with Crippen molar-refractivity contribution in [2.24, 2.45) is 0 Å². The van der Waals surface area contributed by atoms with Crippen molar-refractivity contribution in [1.29, 1.82) is 0 Å². The summed E-state index contributed by atoms with van der Waals surface area (Å²) in [6.07, 6.45) is -0.627. The Morgan fingerprint density at radius 1 is 1.33 bits per heavy atom. The summed E-state index contributed by atoms with van der Waals surface area (Å²) in [6.45, 7) is 1.65. The van der Waals surface area contributed by atoms with Crippen LogP contribution in [0, 0.1) is 0 Å². The van der Waals surface area contributed by atoms with Gasteiger partial charge in [-0.05, 0) is 43.4 Å². The molecule has 5 nitrogen and oxygen atoms in total. The highest BCUT2D eigenvalue weighted by molar-refractivity contribution is 9.10. The van der Waals surface area contributed by atoms with Crippen molar-refractivity contribution in [2.45, 2.75) is 13.0 Å². The lowest BCUT2D eigenvalue weighted by atomic mass is 10.3. The fourth-order valence-electron chi connectivity index (χ4n) is 1.05. The summed E-state index contributed by atoms with van der Waals surface area (Å²) in [6, 6.07) is 7.24. The van der Waals surface area contributed by atoms with E-state index in [2.05, 4.69) is 32.1 Å². The average molecular weight is 332 g/mol. The van der Waals surface area contributed by atoms with E-state index in [0.29, 0.717) is 10.9 Å². The van der Waals surface area contributed by atoms with Crippen molar-refractivity contribution in [3.63, 3.8) is 0 Å². The van der Waals surface area contributed by atoms with Crippen molar-refractivity contribution in [3.05, 3.63) is 28.7 Å². The van der Waals surface area contributed by atoms with E-state index < -0.39 is 6.10 Å². The highest BCUT2D eigenvalue weighted by Crippen LogP contribution is 2.17. The minimum atomic E-state index is -0.627. The van der Waals surface area contributed by atoms with Crippen LogP contribution in [0.2, 0.25) is 0 Å². The summed E-state index contributed by atoms with van der Waals surface area (Å²) in [5.41, 5.74) is 4.98. The van der Waals surface area contributed by atoms with Crippen LogP contribution in [0.5, 0.6) is 5.75 Å². The van der Waals surface area contributed by atoms with Gasteiger partial charge in [0.1, 0.15) is 5.75 Å². The molecule has 98 valence electrons. The summed E-state index contributed by atoms with van der Waals surface area (Å²) in [4.78, 5) is 11.6. The molecule has 0 aliphatic heterocycles. The van der Waals surface area contributed by atoms with Gasteiger partial charge in [-0.25, -0.2) is 0 Å². The maximum absolute atomic E-state index is 11.6. The van der Waals surface area contributed by atoms with E-state index in [9.17, 15) is 4.79 Å². The number of benzene rings is 1. The average Bonchev–Trinajstić information content (AvgIpc) is 2.38. The molecule has 7 heteroatoms. The molecule has 1 aromatic carbocycles. The molecule has 1 aromatic rings. The lowest BCUT2D eigenvalue weighted by molar-refractivity contribution is -0.127. The van der Waals surface area contributed by atoms with Crippen LogP contribution >= 0.6 is 28.1 Å². The van der Waals surface area contributed by atoms with Gasteiger partial charge >= 0.3 is 0 Å². The Morgan fingerprint density at radius 3 is 2.50 bits per heavy atom. The second kappa shape index (κ2) is 7.17. The fraction of sp³-hybridized carbons (Fsp3) is 0.273. The molecule has 0 saturated heterocycles. The monoisotopic (exact) mass is 331 g/mol. The Hall–Kier alpha value is -1.34. The van der Waals surface area contributed by atoms with Crippen LogP contribution in [0.1, 0.15) is 6.92 Å². The third-order valence-electron chi connectivity index (χ3n) is 2.02. The van der Waals surface area contributed by atoms with Crippen molar-refractivity contribution in [1.82, 2.24) is 16.2 Å². The number of thiocarbonyl (C=S) groups is 1. The SMILES string of the molecule is CNC(=S)NNC(=O)[C@H](C)Oc1ccc(Br)cc1. The van der Waals surface area contributed by atoms with Crippen molar-refractivity contribution < 1.29 is 9.53 Å². The summed E-state index contributed by atoms with van der Waals surface area (Å²) in [5, 5.41) is 3.01. The molecule has 0 radical (unpaired) electrons. The molecule has 0 fully saturated rings. The summed E-state index contributed by atoms with van der Waals surface area (Å²) < 4.78 is 6.41. The molecule has 3 N–H and O–H groups in total. The van der Waals surface area contributed by atoms with E-state index in [4.69, 9.17) is 17.0 Å². The van der Waals surface area contributed by atoms with E-state index in [0.717, 1.165) is 4.47 Å². The number of carbonyl (C=O) groups excluding carboxylic acids is 1. The maximum atomic E-state index is 11.6. The van der Waals surface area contributed by atoms with Crippen molar-refractivity contribution in [2.75, 3.05) is 7.05 Å². The maximum Gasteiger partial charge on any atom is 0.279 e. The molecule has 0 saturated carbocycles. The first-order chi connectivity index (χ1) is 8.52. The first-order valence-electron chi connectivity index (χ1n) is 5.22. The highest BCUT2D eigenvalue weighted by Gasteiger charge is 2.14. The fourth-order valence-corrected chi connectivity index (χ4v) is 1.37. The second-order valence-electron chi connectivity index (χ2n) is 3.41. The number of rotatable bonds is 3. The van der Waals surface area contributed by atoms with E-state index >= 15 is 0 Å². The number of carbonyl (C=O) groups is 1. The quantitative estimate of drug-likeness (QED) is 0.576. The van der Waals surface area contributed by atoms with E-state index in [1.54, 1.807) is 26.1 Å². The molecule has 1 rings (SSSR count). The normalized spacial score (nSPS) is 11.3. The van der Waals surface area contributed by atoms with Gasteiger partial charge < -0.3 is 10.1 Å². The standard InChI is InChI=1S/C11H14BrN3O2S/c1-7(10(16)14-15-11(18)13-2)17-9-5-3-8(12)4-6-9/h3-7H,1-2H3,(H,14,16)(H2,13,15,18)/t7-/m0/s1. The minimum absolute atomic E-state index is 0.310. The van der Waals surface area contributed by atoms with Gasteiger partial charge in [0.15, 0.2) is 11.2 Å². The van der Waals surface area contributed by atoms with E-state index in [1.807, 2.05) is 12.1 Å². The van der Waals surface area contributed by atoms with Gasteiger partial charge in [-0.3, -0.25) is 15.6 Å².